The van der Waals surface area contributed by atoms with E-state index in [0.29, 0.717) is 43.2 Å². The van der Waals surface area contributed by atoms with Crippen molar-refractivity contribution in [3.8, 4) is 0 Å². The van der Waals surface area contributed by atoms with E-state index in [9.17, 15) is 9.18 Å². The molecule has 34 heavy (non-hydrogen) atoms. The highest BCUT2D eigenvalue weighted by Crippen LogP contribution is 2.25. The Morgan fingerprint density at radius 2 is 2.18 bits per heavy atom. The molecule has 1 aromatic carbocycles. The predicted molar refractivity (Wildman–Crippen MR) is 134 cm³/mol. The molecule has 1 aliphatic carbocycles. The Bertz CT molecular complexity index is 1080. The zero-order valence-corrected chi connectivity index (χ0v) is 19.2. The van der Waals surface area contributed by atoms with Gasteiger partial charge in [-0.3, -0.25) is 14.8 Å². The van der Waals surface area contributed by atoms with Gasteiger partial charge in [0.2, 0.25) is 0 Å². The highest BCUT2D eigenvalue weighted by Gasteiger charge is 2.11. The maximum atomic E-state index is 15.0. The molecule has 0 spiro atoms. The van der Waals surface area contributed by atoms with E-state index in [1.807, 2.05) is 42.5 Å². The molecule has 3 rings (SSSR count). The Balaban J connectivity index is 1.73. The van der Waals surface area contributed by atoms with Crippen molar-refractivity contribution >= 4 is 23.6 Å². The topological polar surface area (TPSA) is 102 Å². The third kappa shape index (κ3) is 7.38. The lowest BCUT2D eigenvalue weighted by molar-refractivity contribution is -0.132. The number of ether oxygens (including phenoxy) is 1. The summed E-state index contributed by atoms with van der Waals surface area (Å²) in [4.78, 5) is 19.4. The van der Waals surface area contributed by atoms with Gasteiger partial charge in [0, 0.05) is 24.0 Å². The number of nitrogens with zero attached hydrogens (tertiary/aromatic N) is 2. The summed E-state index contributed by atoms with van der Waals surface area (Å²) >= 11 is 0. The second-order valence-corrected chi connectivity index (χ2v) is 7.77. The van der Waals surface area contributed by atoms with Gasteiger partial charge in [0.15, 0.2) is 0 Å². The molecule has 7 nitrogen and oxygen atoms in total. The van der Waals surface area contributed by atoms with E-state index >= 15 is 0 Å². The Hall–Kier alpha value is -3.78. The quantitative estimate of drug-likeness (QED) is 0.267. The fourth-order valence-electron chi connectivity index (χ4n) is 3.50. The number of halogens is 1. The molecule has 8 heteroatoms. The maximum Gasteiger partial charge on any atom is 0.293 e. The average molecular weight is 464 g/mol. The van der Waals surface area contributed by atoms with Gasteiger partial charge in [-0.1, -0.05) is 30.4 Å². The van der Waals surface area contributed by atoms with Gasteiger partial charge >= 0.3 is 0 Å². The number of carbonyl (C=O) groups is 1. The van der Waals surface area contributed by atoms with Crippen LogP contribution in [0.3, 0.4) is 0 Å². The average Bonchev–Trinajstić information content (AvgIpc) is 2.83. The van der Waals surface area contributed by atoms with E-state index in [-0.39, 0.29) is 11.9 Å². The lowest BCUT2D eigenvalue weighted by Crippen LogP contribution is -2.32. The molecule has 2 aromatic rings. The van der Waals surface area contributed by atoms with E-state index < -0.39 is 0 Å². The third-order valence-electron chi connectivity index (χ3n) is 5.30. The summed E-state index contributed by atoms with van der Waals surface area (Å²) in [6, 6.07) is 10.6. The number of benzene rings is 1. The van der Waals surface area contributed by atoms with Crippen LogP contribution in [0.25, 0.3) is 5.57 Å². The molecule has 1 heterocycles. The van der Waals surface area contributed by atoms with Gasteiger partial charge in [0.05, 0.1) is 18.8 Å². The smallest absolute Gasteiger partial charge is 0.293 e. The van der Waals surface area contributed by atoms with Crippen molar-refractivity contribution in [2.24, 2.45) is 10.7 Å². The Labute approximate surface area is 199 Å². The first-order valence-corrected chi connectivity index (χ1v) is 11.2. The molecule has 1 atom stereocenters. The second kappa shape index (κ2) is 13.1. The molecular formula is C26H30FN5O2. The number of anilines is 1. The number of pyridine rings is 1. The van der Waals surface area contributed by atoms with Crippen molar-refractivity contribution < 1.29 is 13.9 Å². The van der Waals surface area contributed by atoms with E-state index in [2.05, 4.69) is 20.6 Å². The van der Waals surface area contributed by atoms with E-state index in [0.717, 1.165) is 29.7 Å². The fourth-order valence-corrected chi connectivity index (χ4v) is 3.50. The number of hydrogen-bond donors (Lipinski definition) is 3. The number of rotatable bonds is 11. The first-order chi connectivity index (χ1) is 16.6. The highest BCUT2D eigenvalue weighted by atomic mass is 19.1. The van der Waals surface area contributed by atoms with Gasteiger partial charge in [-0.15, -0.1) is 0 Å². The van der Waals surface area contributed by atoms with Gasteiger partial charge in [0.25, 0.3) is 6.47 Å². The van der Waals surface area contributed by atoms with Crippen LogP contribution in [0.5, 0.6) is 0 Å². The minimum absolute atomic E-state index is 0.352. The van der Waals surface area contributed by atoms with E-state index in [1.54, 1.807) is 25.4 Å². The Morgan fingerprint density at radius 3 is 2.91 bits per heavy atom. The molecule has 178 valence electrons. The van der Waals surface area contributed by atoms with Crippen LogP contribution >= 0.6 is 0 Å². The normalized spacial score (nSPS) is 18.9. The van der Waals surface area contributed by atoms with Crippen LogP contribution in [0.2, 0.25) is 0 Å². The van der Waals surface area contributed by atoms with Crippen LogP contribution in [-0.4, -0.2) is 43.5 Å². The number of allylic oxidation sites excluding steroid dienone is 5. The second-order valence-electron chi connectivity index (χ2n) is 7.77. The summed E-state index contributed by atoms with van der Waals surface area (Å²) in [5.74, 6) is 0.111. The summed E-state index contributed by atoms with van der Waals surface area (Å²) in [6.45, 7) is 1.68. The van der Waals surface area contributed by atoms with Crippen LogP contribution < -0.4 is 16.4 Å². The number of aliphatic imine (C=N–C) groups is 1. The van der Waals surface area contributed by atoms with Crippen LogP contribution in [0.4, 0.5) is 10.1 Å². The van der Waals surface area contributed by atoms with Crippen molar-refractivity contribution in [3.05, 3.63) is 89.5 Å². The van der Waals surface area contributed by atoms with Crippen LogP contribution in [-0.2, 0) is 16.1 Å². The van der Waals surface area contributed by atoms with Crippen LogP contribution in [0.15, 0.2) is 77.5 Å². The molecule has 1 unspecified atom stereocenters. The summed E-state index contributed by atoms with van der Waals surface area (Å²) in [6.07, 6.45) is 10.6. The summed E-state index contributed by atoms with van der Waals surface area (Å²) < 4.78 is 20.0. The van der Waals surface area contributed by atoms with Crippen LogP contribution in [0.1, 0.15) is 24.1 Å². The molecule has 0 aliphatic heterocycles. The summed E-state index contributed by atoms with van der Waals surface area (Å²) in [5.41, 5.74) is 9.82. The zero-order chi connectivity index (χ0) is 24.2. The lowest BCUT2D eigenvalue weighted by atomic mass is 9.98. The molecule has 0 saturated heterocycles. The lowest BCUT2D eigenvalue weighted by Gasteiger charge is -2.17. The number of likely N-dealkylation sites (N-methyl/N-ethyl adjacent to an activating group) is 1. The minimum atomic E-state index is -0.352. The molecule has 1 aliphatic rings. The minimum Gasteiger partial charge on any atom is -0.461 e. The maximum absolute atomic E-state index is 15.0. The van der Waals surface area contributed by atoms with Crippen molar-refractivity contribution in [1.29, 1.82) is 0 Å². The van der Waals surface area contributed by atoms with Crippen LogP contribution in [0, 0.1) is 5.82 Å². The molecule has 0 radical (unpaired) electrons. The van der Waals surface area contributed by atoms with Gasteiger partial charge in [-0.25, -0.2) is 4.39 Å². The molecule has 4 N–H and O–H groups in total. The summed E-state index contributed by atoms with van der Waals surface area (Å²) in [7, 11) is 1.77. The van der Waals surface area contributed by atoms with Crippen molar-refractivity contribution in [1.82, 2.24) is 10.3 Å². The highest BCUT2D eigenvalue weighted by molar-refractivity contribution is 5.97. The van der Waals surface area contributed by atoms with Crippen molar-refractivity contribution in [2.45, 2.75) is 25.5 Å². The SMILES string of the molecule is CNCC(CNc1ccc(C2=C/C=C(/C(N)=NCc3ccccn3)CC/C=C\2)c(F)c1)OC=O. The zero-order valence-electron chi connectivity index (χ0n) is 19.2. The molecule has 0 amide bonds. The van der Waals surface area contributed by atoms with E-state index in [1.165, 1.54) is 6.07 Å². The fraction of sp³-hybridized carbons (Fsp3) is 0.269. The molecule has 0 saturated carbocycles. The number of nitrogens with one attached hydrogen (secondary N) is 2. The monoisotopic (exact) mass is 463 g/mol. The predicted octanol–water partition coefficient (Wildman–Crippen LogP) is 3.61. The van der Waals surface area contributed by atoms with Gasteiger partial charge in [-0.05, 0) is 61.4 Å². The number of nitrogens with two attached hydrogens (primary N) is 1. The number of hydrogen-bond acceptors (Lipinski definition) is 6. The molecule has 1 aromatic heterocycles. The molecular weight excluding hydrogens is 433 g/mol. The molecule has 0 bridgehead atoms. The van der Waals surface area contributed by atoms with E-state index in [4.69, 9.17) is 10.5 Å². The first-order valence-electron chi connectivity index (χ1n) is 11.2. The first kappa shape index (κ1) is 24.9. The third-order valence-corrected chi connectivity index (χ3v) is 5.30. The largest absolute Gasteiger partial charge is 0.461 e. The van der Waals surface area contributed by atoms with Crippen molar-refractivity contribution in [2.75, 3.05) is 25.5 Å². The summed E-state index contributed by atoms with van der Waals surface area (Å²) in [5, 5.41) is 6.06. The molecule has 0 fully saturated rings. The van der Waals surface area contributed by atoms with Crippen molar-refractivity contribution in [3.63, 3.8) is 0 Å². The Kier molecular flexibility index (Phi) is 9.54. The van der Waals surface area contributed by atoms with Gasteiger partial charge in [0.1, 0.15) is 17.8 Å². The number of aromatic nitrogens is 1. The van der Waals surface area contributed by atoms with Gasteiger partial charge < -0.3 is 21.1 Å². The Morgan fingerprint density at radius 1 is 1.29 bits per heavy atom. The number of amidine groups is 1. The number of carbonyl (C=O) groups excluding carboxylic acids is 1. The standard InChI is InChI=1S/C26H30FN5O2/c1-29-16-23(34-18-33)17-31-21-11-12-24(25(27)14-21)19-6-2-3-7-20(10-9-19)26(28)32-15-22-8-4-5-13-30-22/h2,4-6,8-14,18,23,29,31H,3,7,15-17H2,1H3,(H2,28,32)/b6-2-,19-9+,20-10+. The van der Waals surface area contributed by atoms with Gasteiger partial charge in [-0.2, -0.15) is 0 Å².